The van der Waals surface area contributed by atoms with Crippen molar-refractivity contribution in [3.63, 3.8) is 0 Å². The Morgan fingerprint density at radius 1 is 1.35 bits per heavy atom. The molecule has 2 fully saturated rings. The zero-order valence-corrected chi connectivity index (χ0v) is 11.7. The van der Waals surface area contributed by atoms with Crippen LogP contribution in [0.4, 0.5) is 0 Å². The van der Waals surface area contributed by atoms with Crippen molar-refractivity contribution in [2.24, 2.45) is 17.8 Å². The van der Waals surface area contributed by atoms with E-state index < -0.39 is 0 Å². The SMILES string of the molecule is CCNC(c1cscc1C)C1CC2CCC1C2. The molecule has 1 aromatic rings. The van der Waals surface area contributed by atoms with Crippen LogP contribution in [0.1, 0.15) is 49.8 Å². The van der Waals surface area contributed by atoms with Crippen molar-refractivity contribution in [2.45, 2.75) is 45.6 Å². The normalized spacial score (nSPS) is 33.2. The third kappa shape index (κ3) is 2.06. The van der Waals surface area contributed by atoms with Gasteiger partial charge in [0.25, 0.3) is 0 Å². The van der Waals surface area contributed by atoms with Crippen LogP contribution in [-0.4, -0.2) is 6.54 Å². The lowest BCUT2D eigenvalue weighted by Crippen LogP contribution is -2.31. The van der Waals surface area contributed by atoms with E-state index >= 15 is 0 Å². The molecule has 2 bridgehead atoms. The number of thiophene rings is 1. The number of hydrogen-bond donors (Lipinski definition) is 1. The van der Waals surface area contributed by atoms with Gasteiger partial charge in [0.1, 0.15) is 0 Å². The first-order chi connectivity index (χ1) is 8.29. The maximum absolute atomic E-state index is 3.76. The maximum Gasteiger partial charge on any atom is 0.0362 e. The van der Waals surface area contributed by atoms with Crippen LogP contribution in [-0.2, 0) is 0 Å². The Morgan fingerprint density at radius 2 is 2.24 bits per heavy atom. The Balaban J connectivity index is 1.83. The molecule has 2 aliphatic carbocycles. The van der Waals surface area contributed by atoms with E-state index in [0.29, 0.717) is 6.04 Å². The lowest BCUT2D eigenvalue weighted by atomic mass is 9.80. The van der Waals surface area contributed by atoms with Crippen molar-refractivity contribution in [1.29, 1.82) is 0 Å². The van der Waals surface area contributed by atoms with Gasteiger partial charge in [-0.15, -0.1) is 0 Å². The second-order valence-electron chi connectivity index (χ2n) is 5.88. The standard InChI is InChI=1S/C15H23NS/c1-3-16-15(14-9-17-8-10(14)2)13-7-11-4-5-12(13)6-11/h8-9,11-13,15-16H,3-7H2,1-2H3. The minimum atomic E-state index is 0.626. The second-order valence-corrected chi connectivity index (χ2v) is 6.63. The van der Waals surface area contributed by atoms with E-state index in [1.807, 2.05) is 11.3 Å². The molecule has 0 amide bonds. The van der Waals surface area contributed by atoms with E-state index in [4.69, 9.17) is 0 Å². The van der Waals surface area contributed by atoms with Gasteiger partial charge >= 0.3 is 0 Å². The summed E-state index contributed by atoms with van der Waals surface area (Å²) in [7, 11) is 0. The smallest absolute Gasteiger partial charge is 0.0362 e. The highest BCUT2D eigenvalue weighted by Gasteiger charge is 2.43. The van der Waals surface area contributed by atoms with Crippen LogP contribution in [0, 0.1) is 24.7 Å². The molecule has 0 spiro atoms. The summed E-state index contributed by atoms with van der Waals surface area (Å²) < 4.78 is 0. The maximum atomic E-state index is 3.76. The summed E-state index contributed by atoms with van der Waals surface area (Å²) in [5, 5.41) is 8.43. The molecule has 1 N–H and O–H groups in total. The predicted molar refractivity (Wildman–Crippen MR) is 74.4 cm³/mol. The van der Waals surface area contributed by atoms with Crippen molar-refractivity contribution < 1.29 is 0 Å². The van der Waals surface area contributed by atoms with Gasteiger partial charge in [0.2, 0.25) is 0 Å². The molecule has 2 saturated carbocycles. The first-order valence-electron chi connectivity index (χ1n) is 7.05. The quantitative estimate of drug-likeness (QED) is 0.845. The molecule has 2 heteroatoms. The molecule has 1 nitrogen and oxygen atoms in total. The first-order valence-corrected chi connectivity index (χ1v) is 8.00. The van der Waals surface area contributed by atoms with Gasteiger partial charge < -0.3 is 5.32 Å². The molecule has 4 unspecified atom stereocenters. The van der Waals surface area contributed by atoms with Gasteiger partial charge in [0.05, 0.1) is 0 Å². The van der Waals surface area contributed by atoms with E-state index in [1.54, 1.807) is 5.56 Å². The fourth-order valence-corrected chi connectivity index (χ4v) is 4.99. The van der Waals surface area contributed by atoms with Crippen molar-refractivity contribution in [3.8, 4) is 0 Å². The molecule has 0 saturated heterocycles. The van der Waals surface area contributed by atoms with Crippen LogP contribution in [0.2, 0.25) is 0 Å². The van der Waals surface area contributed by atoms with E-state index in [1.165, 1.54) is 31.2 Å². The van der Waals surface area contributed by atoms with Crippen LogP contribution >= 0.6 is 11.3 Å². The number of fused-ring (bicyclic) bond motifs is 2. The molecule has 94 valence electrons. The summed E-state index contributed by atoms with van der Waals surface area (Å²) in [6.07, 6.45) is 5.97. The summed E-state index contributed by atoms with van der Waals surface area (Å²) in [6.45, 7) is 5.60. The van der Waals surface area contributed by atoms with Gasteiger partial charge in [0.15, 0.2) is 0 Å². The number of nitrogens with one attached hydrogen (secondary N) is 1. The molecule has 0 aromatic carbocycles. The molecule has 0 aliphatic heterocycles. The zero-order chi connectivity index (χ0) is 11.8. The molecule has 0 radical (unpaired) electrons. The highest BCUT2D eigenvalue weighted by molar-refractivity contribution is 7.08. The molecule has 3 rings (SSSR count). The Labute approximate surface area is 109 Å². The summed E-state index contributed by atoms with van der Waals surface area (Å²) in [5.41, 5.74) is 3.07. The van der Waals surface area contributed by atoms with E-state index in [-0.39, 0.29) is 0 Å². The van der Waals surface area contributed by atoms with Crippen molar-refractivity contribution in [3.05, 3.63) is 21.9 Å². The third-order valence-electron chi connectivity index (χ3n) is 4.88. The molecule has 17 heavy (non-hydrogen) atoms. The van der Waals surface area contributed by atoms with Gasteiger partial charge in [-0.25, -0.2) is 0 Å². The van der Waals surface area contributed by atoms with E-state index in [2.05, 4.69) is 29.9 Å². The van der Waals surface area contributed by atoms with Crippen LogP contribution in [0.25, 0.3) is 0 Å². The number of rotatable bonds is 4. The Kier molecular flexibility index (Phi) is 3.27. The van der Waals surface area contributed by atoms with Crippen molar-refractivity contribution in [2.75, 3.05) is 6.54 Å². The minimum Gasteiger partial charge on any atom is -0.310 e. The summed E-state index contributed by atoms with van der Waals surface area (Å²) in [6, 6.07) is 0.626. The van der Waals surface area contributed by atoms with Crippen molar-refractivity contribution >= 4 is 11.3 Å². The Bertz CT molecular complexity index is 384. The Hall–Kier alpha value is -0.340. The summed E-state index contributed by atoms with van der Waals surface area (Å²) in [5.74, 6) is 2.95. The highest BCUT2D eigenvalue weighted by atomic mass is 32.1. The molecular weight excluding hydrogens is 226 g/mol. The molecular formula is C15H23NS. The van der Waals surface area contributed by atoms with Gasteiger partial charge in [0, 0.05) is 6.04 Å². The fourth-order valence-electron chi connectivity index (χ4n) is 4.10. The average Bonchev–Trinajstić information content (AvgIpc) is 3.01. The lowest BCUT2D eigenvalue weighted by molar-refractivity contribution is 0.253. The monoisotopic (exact) mass is 249 g/mol. The van der Waals surface area contributed by atoms with Crippen LogP contribution in [0.5, 0.6) is 0 Å². The Morgan fingerprint density at radius 3 is 2.76 bits per heavy atom. The highest BCUT2D eigenvalue weighted by Crippen LogP contribution is 2.53. The van der Waals surface area contributed by atoms with E-state index in [0.717, 1.165) is 24.3 Å². The van der Waals surface area contributed by atoms with Crippen LogP contribution < -0.4 is 5.32 Å². The second kappa shape index (κ2) is 4.74. The largest absolute Gasteiger partial charge is 0.310 e. The topological polar surface area (TPSA) is 12.0 Å². The van der Waals surface area contributed by atoms with E-state index in [9.17, 15) is 0 Å². The predicted octanol–water partition coefficient (Wildman–Crippen LogP) is 4.14. The van der Waals surface area contributed by atoms with Crippen LogP contribution in [0.3, 0.4) is 0 Å². The first kappa shape index (κ1) is 11.7. The molecule has 1 aromatic heterocycles. The minimum absolute atomic E-state index is 0.626. The summed E-state index contributed by atoms with van der Waals surface area (Å²) >= 11 is 1.86. The third-order valence-corrected chi connectivity index (χ3v) is 5.75. The van der Waals surface area contributed by atoms with Gasteiger partial charge in [-0.3, -0.25) is 0 Å². The van der Waals surface area contributed by atoms with Gasteiger partial charge in [-0.05, 0) is 72.4 Å². The van der Waals surface area contributed by atoms with Gasteiger partial charge in [-0.1, -0.05) is 13.3 Å². The number of aryl methyl sites for hydroxylation is 1. The molecule has 1 heterocycles. The molecule has 2 aliphatic rings. The fraction of sp³-hybridized carbons (Fsp3) is 0.733. The summed E-state index contributed by atoms with van der Waals surface area (Å²) in [4.78, 5) is 0. The van der Waals surface area contributed by atoms with Gasteiger partial charge in [-0.2, -0.15) is 11.3 Å². The molecule has 4 atom stereocenters. The average molecular weight is 249 g/mol. The lowest BCUT2D eigenvalue weighted by Gasteiger charge is -2.31. The number of hydrogen-bond acceptors (Lipinski definition) is 2. The van der Waals surface area contributed by atoms with Crippen LogP contribution in [0.15, 0.2) is 10.8 Å². The zero-order valence-electron chi connectivity index (χ0n) is 10.9. The van der Waals surface area contributed by atoms with Crippen molar-refractivity contribution in [1.82, 2.24) is 5.32 Å².